The highest BCUT2D eigenvalue weighted by atomic mass is 32.3. The van der Waals surface area contributed by atoms with Gasteiger partial charge in [0.2, 0.25) is 10.4 Å². The van der Waals surface area contributed by atoms with E-state index in [1.807, 2.05) is 0 Å². The van der Waals surface area contributed by atoms with Crippen molar-refractivity contribution in [2.75, 3.05) is 37.9 Å². The largest absolute Gasteiger partial charge is 0.726 e. The summed E-state index contributed by atoms with van der Waals surface area (Å²) in [5.74, 6) is 0.125. The zero-order valence-corrected chi connectivity index (χ0v) is 31.0. The Hall–Kier alpha value is -0.230. The summed E-state index contributed by atoms with van der Waals surface area (Å²) >= 11 is 0. The molecule has 0 heterocycles. The molecular weight excluding hydrogens is 579 g/mol. The molecule has 0 atom stereocenters. The normalized spacial score (nSPS) is 11.8. The molecule has 0 saturated carbocycles. The van der Waals surface area contributed by atoms with Gasteiger partial charge in [0.25, 0.3) is 0 Å². The van der Waals surface area contributed by atoms with Gasteiger partial charge in [0, 0.05) is 7.26 Å². The molecule has 8 heteroatoms. The van der Waals surface area contributed by atoms with E-state index in [4.69, 9.17) is 4.74 Å². The summed E-state index contributed by atoms with van der Waals surface area (Å²) in [6.07, 6.45) is 33.0. The first-order valence-electron chi connectivity index (χ1n) is 18.3. The number of rotatable bonds is 31. The first-order chi connectivity index (χ1) is 20.7. The zero-order chi connectivity index (χ0) is 32.5. The van der Waals surface area contributed by atoms with Gasteiger partial charge in [-0.25, -0.2) is 13.2 Å². The van der Waals surface area contributed by atoms with Crippen LogP contribution in [0.2, 0.25) is 0 Å². The minimum atomic E-state index is -4.47. The van der Waals surface area contributed by atoms with Crippen LogP contribution >= 0.6 is 7.26 Å². The SMILES string of the molecule is CCCCCCCCOS(=O)(=O)[O-].CCCCCCCOC(=O)C[P+](CCCCCC)(CCCCCC)CCCCCC. The summed E-state index contributed by atoms with van der Waals surface area (Å²) in [6.45, 7) is 11.9. The van der Waals surface area contributed by atoms with Gasteiger partial charge >= 0.3 is 5.97 Å². The van der Waals surface area contributed by atoms with Crippen molar-refractivity contribution >= 4 is 23.6 Å². The number of hydrogen-bond acceptors (Lipinski definition) is 6. The van der Waals surface area contributed by atoms with Gasteiger partial charge in [0.1, 0.15) is 0 Å². The van der Waals surface area contributed by atoms with Gasteiger partial charge in [-0.2, -0.15) is 0 Å². The predicted octanol–water partition coefficient (Wildman–Crippen LogP) is 11.1. The Bertz CT molecular complexity index is 655. The Balaban J connectivity index is 0. The van der Waals surface area contributed by atoms with Gasteiger partial charge in [-0.1, -0.05) is 131 Å². The number of carbonyl (C=O) groups excluding carboxylic acids is 1. The van der Waals surface area contributed by atoms with Gasteiger partial charge in [0.05, 0.1) is 31.7 Å². The highest BCUT2D eigenvalue weighted by Crippen LogP contribution is 2.61. The first kappa shape index (κ1) is 44.9. The average Bonchev–Trinajstić information content (AvgIpc) is 2.97. The second-order valence-corrected chi connectivity index (χ2v) is 17.9. The zero-order valence-electron chi connectivity index (χ0n) is 29.3. The topological polar surface area (TPSA) is 92.7 Å². The molecule has 0 unspecified atom stereocenters. The third kappa shape index (κ3) is 34.5. The van der Waals surface area contributed by atoms with E-state index in [9.17, 15) is 17.8 Å². The van der Waals surface area contributed by atoms with E-state index in [2.05, 4.69) is 38.8 Å². The third-order valence-corrected chi connectivity index (χ3v) is 13.3. The Morgan fingerprint density at radius 3 is 1.21 bits per heavy atom. The molecule has 0 aliphatic carbocycles. The Morgan fingerprint density at radius 1 is 0.512 bits per heavy atom. The molecule has 0 aromatic carbocycles. The fraction of sp³-hybridized carbons (Fsp3) is 0.971. The van der Waals surface area contributed by atoms with Crippen molar-refractivity contribution < 1.29 is 26.7 Å². The molecule has 0 radical (unpaired) electrons. The maximum Gasteiger partial charge on any atom is 0.343 e. The lowest BCUT2D eigenvalue weighted by Gasteiger charge is -2.27. The van der Waals surface area contributed by atoms with E-state index in [-0.39, 0.29) is 12.6 Å². The minimum Gasteiger partial charge on any atom is -0.726 e. The molecule has 0 fully saturated rings. The number of ether oxygens (including phenoxy) is 1. The van der Waals surface area contributed by atoms with E-state index >= 15 is 0 Å². The molecule has 0 aromatic rings. The van der Waals surface area contributed by atoms with Gasteiger partial charge < -0.3 is 9.29 Å². The van der Waals surface area contributed by atoms with Crippen molar-refractivity contribution in [1.29, 1.82) is 0 Å². The van der Waals surface area contributed by atoms with Crippen molar-refractivity contribution in [2.45, 2.75) is 182 Å². The second kappa shape index (κ2) is 33.1. The number of esters is 1. The summed E-state index contributed by atoms with van der Waals surface area (Å²) in [5, 5.41) is 0. The molecule has 0 aromatic heterocycles. The molecule has 0 amide bonds. The Kier molecular flexibility index (Phi) is 34.6. The van der Waals surface area contributed by atoms with Crippen LogP contribution in [0.5, 0.6) is 0 Å². The van der Waals surface area contributed by atoms with Crippen molar-refractivity contribution in [2.24, 2.45) is 0 Å². The smallest absolute Gasteiger partial charge is 0.343 e. The quantitative estimate of drug-likeness (QED) is 0.0243. The molecule has 6 nitrogen and oxygen atoms in total. The second-order valence-electron chi connectivity index (χ2n) is 12.5. The van der Waals surface area contributed by atoms with Gasteiger partial charge in [-0.05, 0) is 51.4 Å². The minimum absolute atomic E-state index is 0.0258. The molecule has 0 spiro atoms. The molecule has 0 N–H and O–H groups in total. The van der Waals surface area contributed by atoms with Crippen LogP contribution in [0.1, 0.15) is 182 Å². The lowest BCUT2D eigenvalue weighted by atomic mass is 10.1. The maximum absolute atomic E-state index is 12.8. The lowest BCUT2D eigenvalue weighted by molar-refractivity contribution is -0.140. The Labute approximate surface area is 269 Å². The molecule has 0 aliphatic heterocycles. The molecule has 0 saturated heterocycles. The van der Waals surface area contributed by atoms with Crippen LogP contribution in [0.4, 0.5) is 0 Å². The van der Waals surface area contributed by atoms with Crippen LogP contribution in [0.15, 0.2) is 0 Å². The van der Waals surface area contributed by atoms with Crippen molar-refractivity contribution in [3.05, 3.63) is 0 Å². The summed E-state index contributed by atoms with van der Waals surface area (Å²) in [7, 11) is -5.69. The van der Waals surface area contributed by atoms with Gasteiger partial charge in [0.15, 0.2) is 6.16 Å². The van der Waals surface area contributed by atoms with Crippen molar-refractivity contribution in [1.82, 2.24) is 0 Å². The molecule has 0 aliphatic rings. The average molecular weight is 653 g/mol. The van der Waals surface area contributed by atoms with E-state index in [1.165, 1.54) is 140 Å². The van der Waals surface area contributed by atoms with Crippen LogP contribution in [-0.2, 0) is 24.1 Å². The standard InChI is InChI=1S/C27H56O2P.C8H18O4S/c1-5-9-13-17-18-22-29-27(28)26-30(23-19-14-10-6-2,24-20-15-11-7-3)25-21-16-12-8-4;1-2-3-4-5-6-7-8-12-13(9,10)11/h5-26H2,1-4H3;2-8H2,1H3,(H,9,10,11)/q+1;/p-1. The van der Waals surface area contributed by atoms with E-state index in [0.29, 0.717) is 13.0 Å². The highest BCUT2D eigenvalue weighted by Gasteiger charge is 2.39. The number of hydrogen-bond donors (Lipinski definition) is 0. The maximum atomic E-state index is 12.8. The number of unbranched alkanes of at least 4 members (excludes halogenated alkanes) is 18. The summed E-state index contributed by atoms with van der Waals surface area (Å²) in [5.41, 5.74) is 0. The fourth-order valence-corrected chi connectivity index (χ4v) is 10.2. The summed E-state index contributed by atoms with van der Waals surface area (Å²) < 4.78 is 39.8. The van der Waals surface area contributed by atoms with Gasteiger partial charge in [-0.3, -0.25) is 4.18 Å². The van der Waals surface area contributed by atoms with Crippen LogP contribution in [-0.4, -0.2) is 56.8 Å². The van der Waals surface area contributed by atoms with E-state index in [1.54, 1.807) is 0 Å². The lowest BCUT2D eigenvalue weighted by Crippen LogP contribution is -2.21. The van der Waals surface area contributed by atoms with Crippen LogP contribution in [0.25, 0.3) is 0 Å². The van der Waals surface area contributed by atoms with E-state index in [0.717, 1.165) is 25.4 Å². The third-order valence-electron chi connectivity index (χ3n) is 8.16. The summed E-state index contributed by atoms with van der Waals surface area (Å²) in [6, 6.07) is 0. The van der Waals surface area contributed by atoms with Crippen molar-refractivity contribution in [3.8, 4) is 0 Å². The summed E-state index contributed by atoms with van der Waals surface area (Å²) in [4.78, 5) is 12.8. The highest BCUT2D eigenvalue weighted by molar-refractivity contribution is 7.80. The number of carbonyl (C=O) groups is 1. The molecule has 0 rings (SSSR count). The van der Waals surface area contributed by atoms with Gasteiger partial charge in [-0.15, -0.1) is 0 Å². The predicted molar refractivity (Wildman–Crippen MR) is 188 cm³/mol. The molecule has 260 valence electrons. The van der Waals surface area contributed by atoms with Crippen LogP contribution in [0, 0.1) is 0 Å². The van der Waals surface area contributed by atoms with E-state index < -0.39 is 17.7 Å². The monoisotopic (exact) mass is 652 g/mol. The van der Waals surface area contributed by atoms with Crippen LogP contribution in [0.3, 0.4) is 0 Å². The molecule has 43 heavy (non-hydrogen) atoms. The molecular formula is C35H73O6PS. The van der Waals surface area contributed by atoms with Crippen molar-refractivity contribution in [3.63, 3.8) is 0 Å². The Morgan fingerprint density at radius 2 is 0.837 bits per heavy atom. The first-order valence-corrected chi connectivity index (χ1v) is 22.2. The van der Waals surface area contributed by atoms with Crippen LogP contribution < -0.4 is 0 Å². The fourth-order valence-electron chi connectivity index (χ4n) is 5.45. The molecule has 0 bridgehead atoms.